The van der Waals surface area contributed by atoms with Gasteiger partial charge in [-0.2, -0.15) is 0 Å². The number of carbonyl (C=O) groups excluding carboxylic acids is 1. The van der Waals surface area contributed by atoms with E-state index in [0.717, 1.165) is 5.65 Å². The summed E-state index contributed by atoms with van der Waals surface area (Å²) in [6, 6.07) is 18.0. The molecular weight excluding hydrogens is 347 g/mol. The number of benzene rings is 2. The SMILES string of the molecule is O=C(NCc1nnc2ccccn12)c1ccc(Oc2ccc(F)cc2)cc1. The molecule has 1 N–H and O–H groups in total. The molecule has 0 atom stereocenters. The van der Waals surface area contributed by atoms with E-state index >= 15 is 0 Å². The third-order valence-electron chi connectivity index (χ3n) is 3.96. The average Bonchev–Trinajstić information content (AvgIpc) is 3.12. The van der Waals surface area contributed by atoms with Crippen LogP contribution in [0.2, 0.25) is 0 Å². The van der Waals surface area contributed by atoms with Crippen molar-refractivity contribution < 1.29 is 13.9 Å². The van der Waals surface area contributed by atoms with Crippen molar-refractivity contribution in [2.24, 2.45) is 0 Å². The molecule has 6 nitrogen and oxygen atoms in total. The Morgan fingerprint density at radius 1 is 0.963 bits per heavy atom. The molecule has 27 heavy (non-hydrogen) atoms. The highest BCUT2D eigenvalue weighted by Gasteiger charge is 2.09. The third kappa shape index (κ3) is 3.77. The van der Waals surface area contributed by atoms with Crippen LogP contribution in [0.25, 0.3) is 5.65 Å². The summed E-state index contributed by atoms with van der Waals surface area (Å²) in [6.45, 7) is 0.262. The summed E-state index contributed by atoms with van der Waals surface area (Å²) >= 11 is 0. The lowest BCUT2D eigenvalue weighted by Crippen LogP contribution is -2.23. The average molecular weight is 362 g/mol. The van der Waals surface area contributed by atoms with E-state index in [1.165, 1.54) is 12.1 Å². The molecule has 134 valence electrons. The van der Waals surface area contributed by atoms with E-state index in [-0.39, 0.29) is 18.3 Å². The monoisotopic (exact) mass is 362 g/mol. The lowest BCUT2D eigenvalue weighted by Gasteiger charge is -2.07. The Balaban J connectivity index is 1.39. The molecule has 0 unspecified atom stereocenters. The number of nitrogens with one attached hydrogen (secondary N) is 1. The van der Waals surface area contributed by atoms with E-state index in [9.17, 15) is 9.18 Å². The zero-order valence-corrected chi connectivity index (χ0v) is 14.2. The van der Waals surface area contributed by atoms with Gasteiger partial charge in [-0.1, -0.05) is 6.07 Å². The van der Waals surface area contributed by atoms with Crippen LogP contribution in [0, 0.1) is 5.82 Å². The lowest BCUT2D eigenvalue weighted by molar-refractivity contribution is 0.0950. The Labute approximate surface area is 154 Å². The summed E-state index contributed by atoms with van der Waals surface area (Å²) in [7, 11) is 0. The molecule has 0 bridgehead atoms. The van der Waals surface area contributed by atoms with E-state index in [1.54, 1.807) is 36.4 Å². The van der Waals surface area contributed by atoms with Crippen molar-refractivity contribution in [1.82, 2.24) is 19.9 Å². The van der Waals surface area contributed by atoms with Crippen LogP contribution in [0.5, 0.6) is 11.5 Å². The first-order valence-corrected chi connectivity index (χ1v) is 8.29. The zero-order valence-electron chi connectivity index (χ0n) is 14.2. The van der Waals surface area contributed by atoms with Gasteiger partial charge in [-0.15, -0.1) is 10.2 Å². The highest BCUT2D eigenvalue weighted by molar-refractivity contribution is 5.94. The number of hydrogen-bond donors (Lipinski definition) is 1. The van der Waals surface area contributed by atoms with Crippen LogP contribution in [0.15, 0.2) is 72.9 Å². The fraction of sp³-hybridized carbons (Fsp3) is 0.0500. The van der Waals surface area contributed by atoms with Crippen LogP contribution in [-0.4, -0.2) is 20.5 Å². The molecule has 2 aromatic heterocycles. The second kappa shape index (κ2) is 7.25. The molecule has 0 aliphatic rings. The molecule has 2 heterocycles. The van der Waals surface area contributed by atoms with E-state index in [2.05, 4.69) is 15.5 Å². The van der Waals surface area contributed by atoms with Gasteiger partial charge in [0.25, 0.3) is 5.91 Å². The molecule has 0 aliphatic heterocycles. The Bertz CT molecular complexity index is 1080. The standard InChI is InChI=1S/C20H15FN4O2/c21-15-6-10-17(11-7-15)27-16-8-4-14(5-9-16)20(26)22-13-19-24-23-18-3-1-2-12-25(18)19/h1-12H,13H2,(H,22,26). The number of halogens is 1. The number of fused-ring (bicyclic) bond motifs is 1. The third-order valence-corrected chi connectivity index (χ3v) is 3.96. The van der Waals surface area contributed by atoms with Crippen molar-refractivity contribution >= 4 is 11.6 Å². The quantitative estimate of drug-likeness (QED) is 0.589. The van der Waals surface area contributed by atoms with Gasteiger partial charge in [0.2, 0.25) is 0 Å². The van der Waals surface area contributed by atoms with Crippen LogP contribution in [0.4, 0.5) is 4.39 Å². The lowest BCUT2D eigenvalue weighted by atomic mass is 10.2. The molecule has 4 aromatic rings. The maximum absolute atomic E-state index is 12.9. The Morgan fingerprint density at radius 3 is 2.41 bits per heavy atom. The topological polar surface area (TPSA) is 68.5 Å². The highest BCUT2D eigenvalue weighted by atomic mass is 19.1. The summed E-state index contributed by atoms with van der Waals surface area (Å²) in [4.78, 5) is 12.3. The van der Waals surface area contributed by atoms with Gasteiger partial charge in [0.15, 0.2) is 11.5 Å². The van der Waals surface area contributed by atoms with Gasteiger partial charge in [-0.05, 0) is 60.7 Å². The normalized spacial score (nSPS) is 10.7. The molecule has 0 aliphatic carbocycles. The first-order valence-electron chi connectivity index (χ1n) is 8.29. The predicted octanol–water partition coefficient (Wildman–Crippen LogP) is 3.59. The van der Waals surface area contributed by atoms with Gasteiger partial charge in [0.1, 0.15) is 17.3 Å². The molecule has 0 saturated heterocycles. The van der Waals surface area contributed by atoms with Gasteiger partial charge in [0, 0.05) is 11.8 Å². The molecule has 4 rings (SSSR count). The largest absolute Gasteiger partial charge is 0.457 e. The first kappa shape index (κ1) is 16.7. The summed E-state index contributed by atoms with van der Waals surface area (Å²) in [5.74, 6) is 1.18. The smallest absolute Gasteiger partial charge is 0.251 e. The van der Waals surface area contributed by atoms with Crippen molar-refractivity contribution in [2.45, 2.75) is 6.54 Å². The van der Waals surface area contributed by atoms with E-state index in [1.807, 2.05) is 28.8 Å². The van der Waals surface area contributed by atoms with Crippen LogP contribution < -0.4 is 10.1 Å². The van der Waals surface area contributed by atoms with Gasteiger partial charge >= 0.3 is 0 Å². The van der Waals surface area contributed by atoms with Crippen LogP contribution >= 0.6 is 0 Å². The minimum atomic E-state index is -0.324. The van der Waals surface area contributed by atoms with Crippen molar-refractivity contribution in [3.8, 4) is 11.5 Å². The second-order valence-corrected chi connectivity index (χ2v) is 5.81. The number of hydrogen-bond acceptors (Lipinski definition) is 4. The molecule has 0 saturated carbocycles. The van der Waals surface area contributed by atoms with Crippen molar-refractivity contribution in [3.63, 3.8) is 0 Å². The van der Waals surface area contributed by atoms with Gasteiger partial charge < -0.3 is 10.1 Å². The Hall–Kier alpha value is -3.74. The number of rotatable bonds is 5. The summed E-state index contributed by atoms with van der Waals surface area (Å²) in [5, 5.41) is 11.0. The molecule has 0 fully saturated rings. The molecular formula is C20H15FN4O2. The van der Waals surface area contributed by atoms with Gasteiger partial charge in [-0.25, -0.2) is 4.39 Å². The minimum Gasteiger partial charge on any atom is -0.457 e. The fourth-order valence-electron chi connectivity index (χ4n) is 2.59. The molecule has 0 radical (unpaired) electrons. The van der Waals surface area contributed by atoms with Crippen molar-refractivity contribution in [1.29, 1.82) is 0 Å². The zero-order chi connectivity index (χ0) is 18.6. The maximum atomic E-state index is 12.9. The summed E-state index contributed by atoms with van der Waals surface area (Å²) in [6.07, 6.45) is 1.85. The Morgan fingerprint density at radius 2 is 1.67 bits per heavy atom. The van der Waals surface area contributed by atoms with E-state index in [4.69, 9.17) is 4.74 Å². The van der Waals surface area contributed by atoms with E-state index < -0.39 is 0 Å². The van der Waals surface area contributed by atoms with Gasteiger partial charge in [-0.3, -0.25) is 9.20 Å². The Kier molecular flexibility index (Phi) is 4.49. The van der Waals surface area contributed by atoms with Crippen LogP contribution in [-0.2, 0) is 6.54 Å². The minimum absolute atomic E-state index is 0.226. The molecule has 1 amide bonds. The molecule has 7 heteroatoms. The van der Waals surface area contributed by atoms with Gasteiger partial charge in [0.05, 0.1) is 6.54 Å². The first-order chi connectivity index (χ1) is 13.2. The van der Waals surface area contributed by atoms with Crippen LogP contribution in [0.3, 0.4) is 0 Å². The number of pyridine rings is 1. The number of aromatic nitrogens is 3. The number of amides is 1. The number of nitrogens with zero attached hydrogens (tertiary/aromatic N) is 3. The highest BCUT2D eigenvalue weighted by Crippen LogP contribution is 2.21. The van der Waals surface area contributed by atoms with E-state index in [0.29, 0.717) is 22.9 Å². The fourth-order valence-corrected chi connectivity index (χ4v) is 2.59. The maximum Gasteiger partial charge on any atom is 0.251 e. The summed E-state index contributed by atoms with van der Waals surface area (Å²) in [5.41, 5.74) is 1.22. The summed E-state index contributed by atoms with van der Waals surface area (Å²) < 4.78 is 20.4. The number of carbonyl (C=O) groups is 1. The van der Waals surface area contributed by atoms with Crippen molar-refractivity contribution in [3.05, 3.63) is 90.1 Å². The second-order valence-electron chi connectivity index (χ2n) is 5.81. The molecule has 2 aromatic carbocycles. The van der Waals surface area contributed by atoms with Crippen LogP contribution in [0.1, 0.15) is 16.2 Å². The number of ether oxygens (including phenoxy) is 1. The predicted molar refractivity (Wildman–Crippen MR) is 97.1 cm³/mol. The molecule has 0 spiro atoms. The van der Waals surface area contributed by atoms with Crippen molar-refractivity contribution in [2.75, 3.05) is 0 Å².